The van der Waals surface area contributed by atoms with Gasteiger partial charge in [0.25, 0.3) is 0 Å². The maximum atomic E-state index is 12.5. The Hall–Kier alpha value is -2.62. The van der Waals surface area contributed by atoms with Crippen LogP contribution in [0.2, 0.25) is 0 Å². The Kier molecular flexibility index (Phi) is 7.81. The van der Waals surface area contributed by atoms with E-state index in [0.717, 1.165) is 96.2 Å². The number of rotatable bonds is 8. The zero-order valence-corrected chi connectivity index (χ0v) is 24.4. The van der Waals surface area contributed by atoms with Gasteiger partial charge in [-0.3, -0.25) is 9.58 Å². The summed E-state index contributed by atoms with van der Waals surface area (Å²) in [6.45, 7) is 15.1. The van der Waals surface area contributed by atoms with Crippen molar-refractivity contribution in [2.75, 3.05) is 64.0 Å². The van der Waals surface area contributed by atoms with Gasteiger partial charge in [-0.1, -0.05) is 30.3 Å². The van der Waals surface area contributed by atoms with Gasteiger partial charge in [0.2, 0.25) is 0 Å². The van der Waals surface area contributed by atoms with E-state index >= 15 is 0 Å². The molecule has 0 unspecified atom stereocenters. The molecule has 0 bridgehead atoms. The average Bonchev–Trinajstić information content (AvgIpc) is 3.27. The first-order valence-electron chi connectivity index (χ1n) is 15.0. The van der Waals surface area contributed by atoms with Gasteiger partial charge in [-0.15, -0.1) is 0 Å². The molecule has 218 valence electrons. The summed E-state index contributed by atoms with van der Waals surface area (Å²) < 4.78 is 19.5. The van der Waals surface area contributed by atoms with Gasteiger partial charge in [0, 0.05) is 62.0 Å². The van der Waals surface area contributed by atoms with Crippen LogP contribution in [0, 0.1) is 12.3 Å². The lowest BCUT2D eigenvalue weighted by atomic mass is 9.61. The van der Waals surface area contributed by atoms with Crippen molar-refractivity contribution in [1.82, 2.24) is 19.6 Å². The Labute approximate surface area is 238 Å². The van der Waals surface area contributed by atoms with Gasteiger partial charge < -0.3 is 24.0 Å². The molecule has 2 aromatic rings. The Bertz CT molecular complexity index is 1150. The molecule has 4 aliphatic rings. The quantitative estimate of drug-likeness (QED) is 0.486. The molecule has 1 atom stereocenters. The zero-order chi connectivity index (χ0) is 27.7. The average molecular weight is 552 g/mol. The third kappa shape index (κ3) is 5.87. The molecule has 1 aromatic carbocycles. The van der Waals surface area contributed by atoms with E-state index in [4.69, 9.17) is 19.3 Å². The maximum Gasteiger partial charge on any atom is 0.410 e. The van der Waals surface area contributed by atoms with Crippen LogP contribution in [-0.4, -0.2) is 96.4 Å². The number of hydrogen-bond donors (Lipinski definition) is 0. The molecule has 40 heavy (non-hydrogen) atoms. The first-order chi connectivity index (χ1) is 19.3. The highest BCUT2D eigenvalue weighted by molar-refractivity contribution is 5.69. The van der Waals surface area contributed by atoms with E-state index in [-0.39, 0.29) is 17.0 Å². The van der Waals surface area contributed by atoms with Crippen LogP contribution in [0.3, 0.4) is 0 Å². The third-order valence-corrected chi connectivity index (χ3v) is 9.38. The molecule has 0 N–H and O–H groups in total. The van der Waals surface area contributed by atoms with Gasteiger partial charge in [0.15, 0.2) is 5.82 Å². The van der Waals surface area contributed by atoms with Gasteiger partial charge in [-0.25, -0.2) is 4.79 Å². The molecule has 4 heterocycles. The van der Waals surface area contributed by atoms with Crippen molar-refractivity contribution >= 4 is 11.9 Å². The van der Waals surface area contributed by atoms with Crippen LogP contribution >= 0.6 is 0 Å². The van der Waals surface area contributed by atoms with E-state index < -0.39 is 0 Å². The van der Waals surface area contributed by atoms with E-state index in [1.165, 1.54) is 5.69 Å². The minimum absolute atomic E-state index is 0.0110. The molecule has 0 radical (unpaired) electrons. The highest BCUT2D eigenvalue weighted by atomic mass is 16.6. The summed E-state index contributed by atoms with van der Waals surface area (Å²) in [6.07, 6.45) is 4.26. The second-order valence-electron chi connectivity index (χ2n) is 13.0. The molecule has 9 nitrogen and oxygen atoms in total. The molecule has 3 saturated heterocycles. The van der Waals surface area contributed by atoms with E-state index in [9.17, 15) is 4.79 Å². The minimum atomic E-state index is -0.203. The van der Waals surface area contributed by atoms with Crippen LogP contribution < -0.4 is 4.90 Å². The summed E-state index contributed by atoms with van der Waals surface area (Å²) in [7, 11) is 0. The number of likely N-dealkylation sites (tertiary alicyclic amines) is 1. The fourth-order valence-corrected chi connectivity index (χ4v) is 7.13. The monoisotopic (exact) mass is 551 g/mol. The highest BCUT2D eigenvalue weighted by Gasteiger charge is 2.55. The van der Waals surface area contributed by atoms with Crippen LogP contribution in [-0.2, 0) is 20.8 Å². The lowest BCUT2D eigenvalue weighted by molar-refractivity contribution is -0.0834. The molecule has 6 rings (SSSR count). The fourth-order valence-electron chi connectivity index (χ4n) is 7.13. The van der Waals surface area contributed by atoms with E-state index in [1.807, 2.05) is 35.2 Å². The third-order valence-electron chi connectivity index (χ3n) is 9.38. The normalized spacial score (nSPS) is 24.5. The fraction of sp³-hybridized carbons (Fsp3) is 0.677. The van der Waals surface area contributed by atoms with Crippen LogP contribution in [0.25, 0.3) is 0 Å². The number of ether oxygens (including phenoxy) is 3. The SMILES string of the molecule is Cc1cc(N2CC[C@@H](OCCN3CCOCC3)CC2(C)C)nn1C1CC2(C1)CN(C(=O)OCc1ccccc1)C2. The van der Waals surface area contributed by atoms with Crippen molar-refractivity contribution in [3.8, 4) is 0 Å². The Morgan fingerprint density at radius 1 is 1.07 bits per heavy atom. The number of carbonyl (C=O) groups is 1. The Morgan fingerprint density at radius 2 is 1.82 bits per heavy atom. The van der Waals surface area contributed by atoms with Gasteiger partial charge >= 0.3 is 6.09 Å². The lowest BCUT2D eigenvalue weighted by Crippen LogP contribution is -2.64. The summed E-state index contributed by atoms with van der Waals surface area (Å²) in [6, 6.07) is 12.5. The topological polar surface area (TPSA) is 72.3 Å². The molecule has 1 aromatic heterocycles. The number of amides is 1. The molecule has 1 amide bonds. The van der Waals surface area contributed by atoms with E-state index in [2.05, 4.69) is 41.3 Å². The lowest BCUT2D eigenvalue weighted by Gasteiger charge is -2.58. The van der Waals surface area contributed by atoms with Crippen molar-refractivity contribution in [3.63, 3.8) is 0 Å². The number of morpholine rings is 1. The molecular formula is C31H45N5O4. The van der Waals surface area contributed by atoms with Crippen molar-refractivity contribution in [1.29, 1.82) is 0 Å². The predicted molar refractivity (Wildman–Crippen MR) is 154 cm³/mol. The number of carbonyl (C=O) groups excluding carboxylic acids is 1. The zero-order valence-electron chi connectivity index (χ0n) is 24.4. The molecule has 1 aliphatic carbocycles. The van der Waals surface area contributed by atoms with Crippen LogP contribution in [0.4, 0.5) is 10.6 Å². The van der Waals surface area contributed by atoms with Crippen LogP contribution in [0.15, 0.2) is 36.4 Å². The second kappa shape index (κ2) is 11.3. The van der Waals surface area contributed by atoms with Gasteiger partial charge in [-0.05, 0) is 52.0 Å². The van der Waals surface area contributed by atoms with Crippen molar-refractivity contribution in [2.45, 2.75) is 70.7 Å². The van der Waals surface area contributed by atoms with Crippen LogP contribution in [0.5, 0.6) is 0 Å². The number of nitrogens with zero attached hydrogens (tertiary/aromatic N) is 5. The van der Waals surface area contributed by atoms with Crippen molar-refractivity contribution in [2.24, 2.45) is 5.41 Å². The molecule has 4 fully saturated rings. The number of benzene rings is 1. The van der Waals surface area contributed by atoms with Crippen molar-refractivity contribution < 1.29 is 19.0 Å². The van der Waals surface area contributed by atoms with Gasteiger partial charge in [0.05, 0.1) is 32.0 Å². The number of piperidine rings is 1. The Morgan fingerprint density at radius 3 is 2.55 bits per heavy atom. The molecule has 3 aliphatic heterocycles. The van der Waals surface area contributed by atoms with Gasteiger partial charge in [0.1, 0.15) is 6.61 Å². The summed E-state index contributed by atoms with van der Waals surface area (Å²) >= 11 is 0. The largest absolute Gasteiger partial charge is 0.445 e. The van der Waals surface area contributed by atoms with E-state index in [0.29, 0.717) is 18.8 Å². The number of aryl methyl sites for hydroxylation is 1. The summed E-state index contributed by atoms with van der Waals surface area (Å²) in [5, 5.41) is 5.12. The first kappa shape index (κ1) is 27.5. The summed E-state index contributed by atoms with van der Waals surface area (Å²) in [5.74, 6) is 1.08. The molecule has 9 heteroatoms. The van der Waals surface area contributed by atoms with Crippen molar-refractivity contribution in [3.05, 3.63) is 47.7 Å². The molecular weight excluding hydrogens is 506 g/mol. The van der Waals surface area contributed by atoms with E-state index in [1.54, 1.807) is 0 Å². The predicted octanol–water partition coefficient (Wildman–Crippen LogP) is 4.26. The van der Waals surface area contributed by atoms with Gasteiger partial charge in [-0.2, -0.15) is 5.10 Å². The number of hydrogen-bond acceptors (Lipinski definition) is 7. The number of aromatic nitrogens is 2. The summed E-state index contributed by atoms with van der Waals surface area (Å²) in [5.41, 5.74) is 2.45. The first-order valence-corrected chi connectivity index (χ1v) is 15.0. The molecule has 1 saturated carbocycles. The smallest absolute Gasteiger partial charge is 0.410 e. The second-order valence-corrected chi connectivity index (χ2v) is 13.0. The standard InChI is InChI=1S/C31H45N5O4/c1-24-17-28(35-10-9-27(20-30(35,2)3)39-16-13-33-11-14-38-15-12-33)32-36(24)26-18-31(19-26)22-34(23-31)29(37)40-21-25-7-5-4-6-8-25/h4-8,17,26-27H,9-16,18-23H2,1-3H3/t27-/m1/s1. The minimum Gasteiger partial charge on any atom is -0.445 e. The molecule has 1 spiro atoms. The Balaban J connectivity index is 0.963. The van der Waals surface area contributed by atoms with Crippen LogP contribution in [0.1, 0.15) is 56.8 Å². The highest BCUT2D eigenvalue weighted by Crippen LogP contribution is 2.54. The maximum absolute atomic E-state index is 12.5. The number of anilines is 1. The summed E-state index contributed by atoms with van der Waals surface area (Å²) in [4.78, 5) is 19.2.